The summed E-state index contributed by atoms with van der Waals surface area (Å²) >= 11 is 0. The molecule has 0 bridgehead atoms. The van der Waals surface area contributed by atoms with Crippen molar-refractivity contribution in [2.75, 3.05) is 11.9 Å². The van der Waals surface area contributed by atoms with E-state index in [1.165, 1.54) is 4.90 Å². The first-order chi connectivity index (χ1) is 8.31. The van der Waals surface area contributed by atoms with Crippen LogP contribution in [0.4, 0.5) is 5.69 Å². The molecule has 1 aromatic carbocycles. The van der Waals surface area contributed by atoms with E-state index in [2.05, 4.69) is 0 Å². The fourth-order valence-corrected chi connectivity index (χ4v) is 1.82. The van der Waals surface area contributed by atoms with Crippen LogP contribution >= 0.6 is 12.4 Å². The molecule has 19 heavy (non-hydrogen) atoms. The van der Waals surface area contributed by atoms with Crippen LogP contribution in [0.2, 0.25) is 0 Å². The van der Waals surface area contributed by atoms with E-state index in [9.17, 15) is 9.59 Å². The second kappa shape index (κ2) is 7.11. The minimum atomic E-state index is -0.895. The Hall–Kier alpha value is -1.59. The van der Waals surface area contributed by atoms with Crippen LogP contribution in [0.15, 0.2) is 18.2 Å². The highest BCUT2D eigenvalue weighted by Crippen LogP contribution is 2.18. The van der Waals surface area contributed by atoms with Crippen molar-refractivity contribution in [2.24, 2.45) is 11.5 Å². The lowest BCUT2D eigenvalue weighted by atomic mass is 10.1. The van der Waals surface area contributed by atoms with Crippen LogP contribution in [-0.4, -0.2) is 24.9 Å². The first kappa shape index (κ1) is 17.4. The Morgan fingerprint density at radius 1 is 1.21 bits per heavy atom. The van der Waals surface area contributed by atoms with Crippen molar-refractivity contribution in [3.05, 3.63) is 29.3 Å². The van der Waals surface area contributed by atoms with Crippen molar-refractivity contribution in [3.8, 4) is 0 Å². The van der Waals surface area contributed by atoms with Crippen molar-refractivity contribution < 1.29 is 9.59 Å². The summed E-state index contributed by atoms with van der Waals surface area (Å²) in [4.78, 5) is 24.2. The average Bonchev–Trinajstić information content (AvgIpc) is 2.24. The summed E-state index contributed by atoms with van der Waals surface area (Å²) in [7, 11) is 1.64. The number of halogens is 1. The molecule has 2 amide bonds. The molecule has 0 saturated carbocycles. The summed E-state index contributed by atoms with van der Waals surface area (Å²) < 4.78 is 0. The molecule has 106 valence electrons. The maximum Gasteiger partial charge on any atom is 0.244 e. The zero-order chi connectivity index (χ0) is 13.9. The maximum atomic E-state index is 12.0. The Kier molecular flexibility index (Phi) is 6.52. The van der Waals surface area contributed by atoms with Crippen molar-refractivity contribution in [1.29, 1.82) is 0 Å². The highest BCUT2D eigenvalue weighted by molar-refractivity contribution is 5.98. The zero-order valence-corrected chi connectivity index (χ0v) is 12.2. The van der Waals surface area contributed by atoms with Crippen LogP contribution in [0.5, 0.6) is 0 Å². The molecule has 0 radical (unpaired) electrons. The number of carbonyl (C=O) groups excluding carboxylic acids is 2. The van der Waals surface area contributed by atoms with Crippen LogP contribution < -0.4 is 16.4 Å². The van der Waals surface area contributed by atoms with Gasteiger partial charge in [-0.05, 0) is 37.1 Å². The molecule has 1 aromatic rings. The average molecular weight is 286 g/mol. The Bertz CT molecular complexity index is 457. The molecule has 0 heterocycles. The topological polar surface area (TPSA) is 89.4 Å². The predicted octanol–water partition coefficient (Wildman–Crippen LogP) is 0.891. The molecule has 1 atom stereocenters. The van der Waals surface area contributed by atoms with Gasteiger partial charge in [-0.1, -0.05) is 6.07 Å². The molecule has 0 spiro atoms. The first-order valence-electron chi connectivity index (χ1n) is 5.71. The molecule has 6 heteroatoms. The minimum Gasteiger partial charge on any atom is -0.370 e. The van der Waals surface area contributed by atoms with Crippen molar-refractivity contribution in [1.82, 2.24) is 0 Å². The number of rotatable bonds is 4. The molecule has 5 nitrogen and oxygen atoms in total. The molecule has 0 aliphatic heterocycles. The first-order valence-corrected chi connectivity index (χ1v) is 5.71. The number of primary amides is 1. The number of nitrogens with zero attached hydrogens (tertiary/aromatic N) is 1. The predicted molar refractivity (Wildman–Crippen MR) is 78.4 cm³/mol. The lowest BCUT2D eigenvalue weighted by Crippen LogP contribution is -2.44. The number of likely N-dealkylation sites (N-methyl/N-ethyl adjacent to an activating group) is 1. The number of aryl methyl sites for hydroxylation is 2. The molecule has 0 aromatic heterocycles. The Balaban J connectivity index is 0.00000324. The van der Waals surface area contributed by atoms with Crippen LogP contribution in [0.25, 0.3) is 0 Å². The van der Waals surface area contributed by atoms with Gasteiger partial charge in [0.05, 0.1) is 12.5 Å². The molecule has 0 saturated heterocycles. The van der Waals surface area contributed by atoms with Gasteiger partial charge in [-0.15, -0.1) is 12.4 Å². The number of carbonyl (C=O) groups is 2. The maximum absolute atomic E-state index is 12.0. The molecule has 1 unspecified atom stereocenters. The number of hydrogen-bond acceptors (Lipinski definition) is 3. The largest absolute Gasteiger partial charge is 0.370 e. The van der Waals surface area contributed by atoms with Gasteiger partial charge in [-0.3, -0.25) is 9.59 Å². The van der Waals surface area contributed by atoms with Gasteiger partial charge in [0.2, 0.25) is 11.8 Å². The summed E-state index contributed by atoms with van der Waals surface area (Å²) in [5, 5.41) is 0. The fourth-order valence-electron chi connectivity index (χ4n) is 1.82. The van der Waals surface area contributed by atoms with Crippen LogP contribution in [0.1, 0.15) is 17.5 Å². The van der Waals surface area contributed by atoms with E-state index in [1.807, 2.05) is 32.0 Å². The third-order valence-electron chi connectivity index (χ3n) is 2.66. The van der Waals surface area contributed by atoms with E-state index < -0.39 is 11.9 Å². The summed E-state index contributed by atoms with van der Waals surface area (Å²) in [5.74, 6) is -0.900. The number of hydrogen-bond donors (Lipinski definition) is 2. The molecule has 1 rings (SSSR count). The van der Waals surface area contributed by atoms with E-state index >= 15 is 0 Å². The molecular formula is C13H20ClN3O2. The van der Waals surface area contributed by atoms with Gasteiger partial charge in [0.25, 0.3) is 0 Å². The van der Waals surface area contributed by atoms with Gasteiger partial charge in [-0.2, -0.15) is 0 Å². The molecule has 0 aliphatic rings. The zero-order valence-electron chi connectivity index (χ0n) is 11.3. The molecule has 4 N–H and O–H groups in total. The van der Waals surface area contributed by atoms with E-state index in [-0.39, 0.29) is 24.7 Å². The smallest absolute Gasteiger partial charge is 0.244 e. The second-order valence-corrected chi connectivity index (χ2v) is 4.52. The summed E-state index contributed by atoms with van der Waals surface area (Å²) in [6.45, 7) is 3.91. The second-order valence-electron chi connectivity index (χ2n) is 4.52. The normalized spacial score (nSPS) is 11.4. The third kappa shape index (κ3) is 4.89. The molecule has 0 fully saturated rings. The third-order valence-corrected chi connectivity index (χ3v) is 2.66. The van der Waals surface area contributed by atoms with E-state index in [0.29, 0.717) is 0 Å². The Labute approximate surface area is 119 Å². The van der Waals surface area contributed by atoms with Crippen LogP contribution in [0.3, 0.4) is 0 Å². The highest BCUT2D eigenvalue weighted by Gasteiger charge is 2.21. The summed E-state index contributed by atoms with van der Waals surface area (Å²) in [6.07, 6.45) is -0.145. The monoisotopic (exact) mass is 285 g/mol. The molecule has 0 aliphatic carbocycles. The van der Waals surface area contributed by atoms with Crippen molar-refractivity contribution in [3.63, 3.8) is 0 Å². The van der Waals surface area contributed by atoms with Crippen LogP contribution in [-0.2, 0) is 9.59 Å². The van der Waals surface area contributed by atoms with Crippen molar-refractivity contribution >= 4 is 29.9 Å². The number of benzene rings is 1. The highest BCUT2D eigenvalue weighted by atomic mass is 35.5. The quantitative estimate of drug-likeness (QED) is 0.861. The van der Waals surface area contributed by atoms with Gasteiger partial charge in [-0.25, -0.2) is 0 Å². The summed E-state index contributed by atoms with van der Waals surface area (Å²) in [6, 6.07) is 4.91. The number of amides is 2. The van der Waals surface area contributed by atoms with E-state index in [4.69, 9.17) is 11.5 Å². The van der Waals surface area contributed by atoms with Crippen molar-refractivity contribution in [2.45, 2.75) is 26.3 Å². The fraction of sp³-hybridized carbons (Fsp3) is 0.385. The SMILES string of the molecule is Cc1cc(C)cc(N(C)C(=O)C(N)CC(N)=O)c1.Cl. The lowest BCUT2D eigenvalue weighted by Gasteiger charge is -2.21. The van der Waals surface area contributed by atoms with Crippen LogP contribution in [0, 0.1) is 13.8 Å². The van der Waals surface area contributed by atoms with E-state index in [1.54, 1.807) is 7.05 Å². The lowest BCUT2D eigenvalue weighted by molar-refractivity contribution is -0.124. The van der Waals surface area contributed by atoms with E-state index in [0.717, 1.165) is 16.8 Å². The molecular weight excluding hydrogens is 266 g/mol. The van der Waals surface area contributed by atoms with Gasteiger partial charge in [0.15, 0.2) is 0 Å². The van der Waals surface area contributed by atoms with Gasteiger partial charge >= 0.3 is 0 Å². The standard InChI is InChI=1S/C13H19N3O2.ClH/c1-8-4-9(2)6-10(5-8)16(3)13(18)11(14)7-12(15)17;/h4-6,11H,7,14H2,1-3H3,(H2,15,17);1H. The van der Waals surface area contributed by atoms with Gasteiger partial charge < -0.3 is 16.4 Å². The number of nitrogens with two attached hydrogens (primary N) is 2. The van der Waals surface area contributed by atoms with Gasteiger partial charge in [0, 0.05) is 12.7 Å². The van der Waals surface area contributed by atoms with Gasteiger partial charge in [0.1, 0.15) is 0 Å². The number of anilines is 1. The minimum absolute atomic E-state index is 0. The Morgan fingerprint density at radius 2 is 1.68 bits per heavy atom. The summed E-state index contributed by atoms with van der Waals surface area (Å²) in [5.41, 5.74) is 13.6. The Morgan fingerprint density at radius 3 is 2.11 bits per heavy atom.